The molecule has 2 atom stereocenters. The normalized spacial score (nSPS) is 15.1. The van der Waals surface area contributed by atoms with E-state index in [9.17, 15) is 36.0 Å². The van der Waals surface area contributed by atoms with E-state index in [-0.39, 0.29) is 90.5 Å². The number of rotatable bonds is 29. The molecular weight excluding hydrogens is 1350 g/mol. The van der Waals surface area contributed by atoms with Gasteiger partial charge in [-0.3, -0.25) is 29.2 Å². The molecule has 4 aromatic carbocycles. The van der Waals surface area contributed by atoms with E-state index in [0.717, 1.165) is 64.1 Å². The standard InChI is InChI=1S/C65H87Br2N13O10S2/c1-36-38(3)58(40(5)48-32-64(7,8)89-56(36)48)91(85,86)79-62(68)73-25-13-16-52(77-54(81)28-42-34-75-50-20-18-44(66)30-46(42)50)60(83)71-24-12-11-22-70-23-15-27-72-61(84)53(78-55(82)29-43-35-76-51-21-19-45(67)31-47(43)51)17-14-26-74-63(69)80-92(87,88)59-39(4)37(2)57-49(41(59)6)33-65(9,10)90-57/h18-21,30-31,34-35,52-53,70,75-76H,11-17,22-29,32-33H2,1-10H3,(H,71,83)(H,72,84)(H,77,81)(H,78,82)(H3,68,73,79)(H3,69,74,80)/t52-,53-/m1/s1. The number of aromatic nitrogens is 2. The van der Waals surface area contributed by atoms with Gasteiger partial charge in [0.25, 0.3) is 20.0 Å². The molecule has 498 valence electrons. The quantitative estimate of drug-likeness (QED) is 0.0124. The number of amides is 4. The van der Waals surface area contributed by atoms with Gasteiger partial charge in [0, 0.05) is 93.3 Å². The third kappa shape index (κ3) is 17.5. The van der Waals surface area contributed by atoms with Crippen LogP contribution in [0.2, 0.25) is 0 Å². The molecule has 4 amide bonds. The third-order valence-electron chi connectivity index (χ3n) is 16.8. The van der Waals surface area contributed by atoms with Crippen LogP contribution in [0.1, 0.15) is 128 Å². The maximum atomic E-state index is 13.8. The number of nitrogens with one attached hydrogen (secondary N) is 9. The molecule has 2 aliphatic heterocycles. The lowest BCUT2D eigenvalue weighted by molar-refractivity contribution is -0.128. The van der Waals surface area contributed by atoms with Crippen molar-refractivity contribution in [3.05, 3.63) is 113 Å². The highest BCUT2D eigenvalue weighted by Gasteiger charge is 2.39. The molecule has 0 saturated carbocycles. The summed E-state index contributed by atoms with van der Waals surface area (Å²) in [5.74, 6) is -0.656. The Labute approximate surface area is 555 Å². The van der Waals surface area contributed by atoms with E-state index < -0.39 is 43.3 Å². The molecule has 0 spiro atoms. The number of sulfonamides is 2. The Morgan fingerprint density at radius 1 is 0.565 bits per heavy atom. The summed E-state index contributed by atoms with van der Waals surface area (Å²) in [7, 11) is -8.27. The van der Waals surface area contributed by atoms with Crippen molar-refractivity contribution in [1.29, 1.82) is 0 Å². The number of aliphatic imine (C=N–C) groups is 2. The lowest BCUT2D eigenvalue weighted by Crippen LogP contribution is -2.47. The zero-order valence-corrected chi connectivity index (χ0v) is 58.8. The number of benzene rings is 4. The van der Waals surface area contributed by atoms with Gasteiger partial charge in [0.1, 0.15) is 34.8 Å². The van der Waals surface area contributed by atoms with Crippen LogP contribution in [0.15, 0.2) is 77.5 Å². The number of halogens is 2. The predicted molar refractivity (Wildman–Crippen MR) is 366 cm³/mol. The van der Waals surface area contributed by atoms with Crippen LogP contribution in [0.3, 0.4) is 0 Å². The van der Waals surface area contributed by atoms with Crippen molar-refractivity contribution in [3.8, 4) is 11.5 Å². The second-order valence-electron chi connectivity index (χ2n) is 25.1. The van der Waals surface area contributed by atoms with Crippen LogP contribution in [-0.4, -0.2) is 125 Å². The molecule has 4 heterocycles. The first-order chi connectivity index (χ1) is 43.3. The maximum absolute atomic E-state index is 13.8. The molecule has 0 unspecified atom stereocenters. The lowest BCUT2D eigenvalue weighted by atomic mass is 9.94. The van der Waals surface area contributed by atoms with Gasteiger partial charge in [-0.25, -0.2) is 26.3 Å². The summed E-state index contributed by atoms with van der Waals surface area (Å²) in [5.41, 5.74) is 20.1. The van der Waals surface area contributed by atoms with E-state index in [1.54, 1.807) is 40.1 Å². The second kappa shape index (κ2) is 29.8. The van der Waals surface area contributed by atoms with E-state index in [4.69, 9.17) is 20.9 Å². The third-order valence-corrected chi connectivity index (χ3v) is 21.1. The molecule has 6 aromatic rings. The van der Waals surface area contributed by atoms with Crippen LogP contribution >= 0.6 is 31.9 Å². The zero-order valence-electron chi connectivity index (χ0n) is 54.0. The van der Waals surface area contributed by atoms with Gasteiger partial charge in [-0.05, 0) is 208 Å². The first-order valence-corrected chi connectivity index (χ1v) is 35.5. The van der Waals surface area contributed by atoms with E-state index in [0.29, 0.717) is 98.5 Å². The average Bonchev–Trinajstić information content (AvgIpc) is 1.50. The fraction of sp³-hybridized carbons (Fsp3) is 0.477. The summed E-state index contributed by atoms with van der Waals surface area (Å²) < 4.78 is 74.2. The molecule has 0 saturated heterocycles. The number of hydrogen-bond donors (Lipinski definition) is 11. The number of fused-ring (bicyclic) bond motifs is 4. The predicted octanol–water partition coefficient (Wildman–Crippen LogP) is 7.35. The number of carbonyl (C=O) groups is 4. The van der Waals surface area contributed by atoms with E-state index in [1.807, 2.05) is 77.9 Å². The van der Waals surface area contributed by atoms with Crippen LogP contribution in [0.25, 0.3) is 21.8 Å². The van der Waals surface area contributed by atoms with E-state index in [2.05, 4.69) is 87.8 Å². The molecular formula is C65H87Br2N13O10S2. The topological polar surface area (TPSA) is 348 Å². The molecule has 23 nitrogen and oxygen atoms in total. The van der Waals surface area contributed by atoms with Gasteiger partial charge in [0.05, 0.1) is 22.6 Å². The summed E-state index contributed by atoms with van der Waals surface area (Å²) in [6.45, 7) is 20.5. The minimum absolute atomic E-state index is 0.0156. The van der Waals surface area contributed by atoms with Crippen molar-refractivity contribution in [1.82, 2.24) is 46.0 Å². The Bertz CT molecular complexity index is 3830. The number of unbranched alkanes of at least 4 members (excludes halogenated alkanes) is 1. The maximum Gasteiger partial charge on any atom is 0.264 e. The van der Waals surface area contributed by atoms with Crippen molar-refractivity contribution < 1.29 is 45.5 Å². The number of nitrogens with zero attached hydrogens (tertiary/aromatic N) is 2. The largest absolute Gasteiger partial charge is 0.487 e. The minimum atomic E-state index is -4.13. The fourth-order valence-corrected chi connectivity index (χ4v) is 15.8. The highest BCUT2D eigenvalue weighted by atomic mass is 79.9. The number of ether oxygens (including phenoxy) is 2. The second-order valence-corrected chi connectivity index (χ2v) is 30.2. The zero-order chi connectivity index (χ0) is 67.0. The van der Waals surface area contributed by atoms with Gasteiger partial charge in [0.2, 0.25) is 35.5 Å². The molecule has 0 aliphatic carbocycles. The fourth-order valence-electron chi connectivity index (χ4n) is 12.1. The highest BCUT2D eigenvalue weighted by Crippen LogP contribution is 2.45. The monoisotopic (exact) mass is 1430 g/mol. The molecule has 13 N–H and O–H groups in total. The van der Waals surface area contributed by atoms with Crippen molar-refractivity contribution in [2.75, 3.05) is 39.3 Å². The van der Waals surface area contributed by atoms with Gasteiger partial charge in [-0.2, -0.15) is 0 Å². The smallest absolute Gasteiger partial charge is 0.264 e. The van der Waals surface area contributed by atoms with Gasteiger partial charge in [-0.15, -0.1) is 0 Å². The Morgan fingerprint density at radius 3 is 1.38 bits per heavy atom. The average molecular weight is 1430 g/mol. The summed E-state index contributed by atoms with van der Waals surface area (Å²) in [4.78, 5) is 69.9. The molecule has 0 radical (unpaired) electrons. The Morgan fingerprint density at radius 2 is 0.957 bits per heavy atom. The van der Waals surface area contributed by atoms with Gasteiger partial charge >= 0.3 is 0 Å². The molecule has 0 bridgehead atoms. The van der Waals surface area contributed by atoms with E-state index >= 15 is 0 Å². The first-order valence-electron chi connectivity index (χ1n) is 31.0. The van der Waals surface area contributed by atoms with Gasteiger partial charge < -0.3 is 57.5 Å². The Kier molecular flexibility index (Phi) is 22.9. The first kappa shape index (κ1) is 70.7. The summed E-state index contributed by atoms with van der Waals surface area (Å²) in [6.07, 6.45) is 7.54. The minimum Gasteiger partial charge on any atom is -0.487 e. The number of H-pyrrole nitrogens is 2. The van der Waals surface area contributed by atoms with Crippen molar-refractivity contribution in [2.45, 2.75) is 173 Å². The molecule has 8 rings (SSSR count). The number of nitrogens with two attached hydrogens (primary N) is 2. The number of aromatic amines is 2. The van der Waals surface area contributed by atoms with Crippen LogP contribution in [0.5, 0.6) is 11.5 Å². The summed E-state index contributed by atoms with van der Waals surface area (Å²) >= 11 is 7.01. The van der Waals surface area contributed by atoms with Gasteiger partial charge in [0.15, 0.2) is 0 Å². The number of guanidine groups is 2. The molecule has 0 fully saturated rings. The van der Waals surface area contributed by atoms with Crippen LogP contribution in [0, 0.1) is 41.5 Å². The molecule has 92 heavy (non-hydrogen) atoms. The molecule has 2 aromatic heterocycles. The van der Waals surface area contributed by atoms with E-state index in [1.165, 1.54) is 0 Å². The van der Waals surface area contributed by atoms with Crippen LogP contribution < -0.4 is 57.0 Å². The Hall–Kier alpha value is -7.20. The number of hydrogen-bond acceptors (Lipinski definition) is 13. The van der Waals surface area contributed by atoms with Crippen LogP contribution in [-0.2, 0) is 64.9 Å². The number of carbonyl (C=O) groups excluding carboxylic acids is 4. The van der Waals surface area contributed by atoms with Crippen molar-refractivity contribution in [3.63, 3.8) is 0 Å². The molecule has 27 heteroatoms. The lowest BCUT2D eigenvalue weighted by Gasteiger charge is -2.19. The van der Waals surface area contributed by atoms with Gasteiger partial charge in [-0.1, -0.05) is 31.9 Å². The molecule has 2 aliphatic rings. The van der Waals surface area contributed by atoms with Crippen LogP contribution in [0.4, 0.5) is 0 Å². The van der Waals surface area contributed by atoms with Crippen molar-refractivity contribution in [2.24, 2.45) is 21.5 Å². The Balaban J connectivity index is 0.801. The summed E-state index contributed by atoms with van der Waals surface area (Å²) in [6, 6.07) is 9.61. The van der Waals surface area contributed by atoms with Crippen molar-refractivity contribution >= 4 is 109 Å². The summed E-state index contributed by atoms with van der Waals surface area (Å²) in [5, 5.41) is 16.8. The SMILES string of the molecule is Cc1c(C)c(S(=O)(=O)NC(N)=NCCC[C@@H](NC(=O)Cc2c[nH]c3ccc(Br)cc23)C(=O)NCCCCNCCCNC(=O)[C@@H](CCCN=C(N)NS(=O)(=O)c2c(C)c(C)c3c(c2C)CC(C)(C)O3)NC(=O)Cc2c[nH]c3ccc(Br)cc23)c(C)c2c1OC(C)(C)C2. The highest BCUT2D eigenvalue weighted by molar-refractivity contribution is 9.10.